The molecule has 0 saturated heterocycles. The van der Waals surface area contributed by atoms with Gasteiger partial charge in [-0.25, -0.2) is 0 Å². The van der Waals surface area contributed by atoms with Crippen LogP contribution in [-0.4, -0.2) is 37.9 Å². The van der Waals surface area contributed by atoms with E-state index >= 15 is 0 Å². The summed E-state index contributed by atoms with van der Waals surface area (Å²) in [7, 11) is 0. The first kappa shape index (κ1) is 20.8. The summed E-state index contributed by atoms with van der Waals surface area (Å²) < 4.78 is 1.76. The molecular weight excluding hydrogens is 366 g/mol. The number of nitrogens with zero attached hydrogens (tertiary/aromatic N) is 4. The van der Waals surface area contributed by atoms with Gasteiger partial charge in [-0.1, -0.05) is 63.4 Å². The highest BCUT2D eigenvalue weighted by atomic mass is 16.2. The quantitative estimate of drug-likeness (QED) is 0.694. The van der Waals surface area contributed by atoms with Gasteiger partial charge in [0.05, 0.1) is 11.8 Å². The Morgan fingerprint density at radius 1 is 1.17 bits per heavy atom. The molecule has 0 aliphatic carbocycles. The average Bonchev–Trinajstić information content (AvgIpc) is 3.19. The summed E-state index contributed by atoms with van der Waals surface area (Å²) in [5.41, 5.74) is 1.40. The molecule has 0 saturated carbocycles. The topological polar surface area (TPSA) is 80.1 Å². The van der Waals surface area contributed by atoms with Crippen LogP contribution in [0.15, 0.2) is 42.7 Å². The Bertz CT molecular complexity index is 872. The Kier molecular flexibility index (Phi) is 6.80. The van der Waals surface area contributed by atoms with Gasteiger partial charge in [-0.3, -0.25) is 19.2 Å². The molecule has 0 bridgehead atoms. The summed E-state index contributed by atoms with van der Waals surface area (Å²) in [5.74, 6) is -0.341. The predicted octanol–water partition coefficient (Wildman–Crippen LogP) is 3.45. The fraction of sp³-hybridized carbons (Fsp3) is 0.455. The number of nitrogens with one attached hydrogen (secondary N) is 1. The molecule has 1 aromatic heterocycles. The average molecular weight is 396 g/mol. The van der Waals surface area contributed by atoms with Gasteiger partial charge in [-0.15, -0.1) is 5.10 Å². The molecule has 0 unspecified atom stereocenters. The third-order valence-electron chi connectivity index (χ3n) is 5.03. The van der Waals surface area contributed by atoms with Crippen molar-refractivity contribution in [3.05, 3.63) is 54.0 Å². The van der Waals surface area contributed by atoms with Crippen molar-refractivity contribution in [1.29, 1.82) is 0 Å². The molecule has 3 rings (SSSR count). The van der Waals surface area contributed by atoms with Crippen molar-refractivity contribution in [3.8, 4) is 0 Å². The predicted molar refractivity (Wildman–Crippen MR) is 112 cm³/mol. The van der Waals surface area contributed by atoms with E-state index in [1.165, 1.54) is 12.8 Å². The fourth-order valence-electron chi connectivity index (χ4n) is 3.38. The second-order valence-corrected chi connectivity index (χ2v) is 7.71. The molecule has 2 aromatic rings. The lowest BCUT2D eigenvalue weighted by Gasteiger charge is -2.36. The van der Waals surface area contributed by atoms with Crippen molar-refractivity contribution >= 4 is 17.4 Å². The zero-order chi connectivity index (χ0) is 20.8. The Hall–Kier alpha value is -2.96. The van der Waals surface area contributed by atoms with E-state index in [1.807, 2.05) is 32.0 Å². The van der Waals surface area contributed by atoms with Crippen LogP contribution in [0.3, 0.4) is 0 Å². The second kappa shape index (κ2) is 9.49. The van der Waals surface area contributed by atoms with E-state index in [1.54, 1.807) is 34.1 Å². The second-order valence-electron chi connectivity index (χ2n) is 7.71. The van der Waals surface area contributed by atoms with Crippen LogP contribution < -0.4 is 5.32 Å². The molecule has 1 N–H and O–H groups in total. The Morgan fingerprint density at radius 3 is 2.62 bits per heavy atom. The lowest BCUT2D eigenvalue weighted by atomic mass is 10.0. The summed E-state index contributed by atoms with van der Waals surface area (Å²) in [6.45, 7) is 6.89. The van der Waals surface area contributed by atoms with Crippen LogP contribution in [0.5, 0.6) is 0 Å². The van der Waals surface area contributed by atoms with Crippen molar-refractivity contribution < 1.29 is 9.59 Å². The van der Waals surface area contributed by atoms with Gasteiger partial charge in [0.2, 0.25) is 0 Å². The summed E-state index contributed by atoms with van der Waals surface area (Å²) in [5, 5.41) is 11.3. The molecule has 1 aromatic carbocycles. The third kappa shape index (κ3) is 4.91. The maximum atomic E-state index is 13.1. The Balaban J connectivity index is 1.85. The van der Waals surface area contributed by atoms with E-state index in [9.17, 15) is 9.59 Å². The number of hydrogen-bond donors (Lipinski definition) is 1. The van der Waals surface area contributed by atoms with Gasteiger partial charge >= 0.3 is 0 Å². The van der Waals surface area contributed by atoms with Crippen molar-refractivity contribution in [2.24, 2.45) is 5.92 Å². The molecule has 2 amide bonds. The fourth-order valence-corrected chi connectivity index (χ4v) is 3.38. The van der Waals surface area contributed by atoms with Gasteiger partial charge in [0.15, 0.2) is 0 Å². The highest BCUT2D eigenvalue weighted by molar-refractivity contribution is 6.20. The van der Waals surface area contributed by atoms with Crippen LogP contribution in [0.2, 0.25) is 0 Å². The van der Waals surface area contributed by atoms with Crippen molar-refractivity contribution in [3.63, 3.8) is 0 Å². The zero-order valence-corrected chi connectivity index (χ0v) is 17.3. The minimum absolute atomic E-state index is 0.0543. The molecule has 1 atom stereocenters. The molecule has 0 fully saturated rings. The van der Waals surface area contributed by atoms with E-state index in [2.05, 4.69) is 22.6 Å². The smallest absolute Gasteiger partial charge is 0.259 e. The molecular formula is C22H29N5O2. The number of aromatic nitrogens is 3. The van der Waals surface area contributed by atoms with Crippen LogP contribution in [0.25, 0.3) is 5.57 Å². The van der Waals surface area contributed by atoms with Gasteiger partial charge in [-0.2, -0.15) is 0 Å². The number of carbonyl (C=O) groups is 2. The van der Waals surface area contributed by atoms with Crippen molar-refractivity contribution in [1.82, 2.24) is 25.2 Å². The molecule has 7 nitrogen and oxygen atoms in total. The van der Waals surface area contributed by atoms with E-state index in [0.717, 1.165) is 19.4 Å². The van der Waals surface area contributed by atoms with E-state index < -0.39 is 6.17 Å². The first-order valence-electron chi connectivity index (χ1n) is 10.3. The maximum Gasteiger partial charge on any atom is 0.259 e. The molecule has 154 valence electrons. The zero-order valence-electron chi connectivity index (χ0n) is 17.3. The molecule has 29 heavy (non-hydrogen) atoms. The largest absolute Gasteiger partial charge is 0.331 e. The van der Waals surface area contributed by atoms with Crippen LogP contribution >= 0.6 is 0 Å². The van der Waals surface area contributed by atoms with Gasteiger partial charge in [0, 0.05) is 18.3 Å². The number of hydrogen-bond acceptors (Lipinski definition) is 4. The molecule has 7 heteroatoms. The molecule has 2 heterocycles. The van der Waals surface area contributed by atoms with Crippen LogP contribution in [0, 0.1) is 5.92 Å². The van der Waals surface area contributed by atoms with Gasteiger partial charge in [0.1, 0.15) is 11.9 Å². The highest BCUT2D eigenvalue weighted by Gasteiger charge is 2.34. The first-order chi connectivity index (χ1) is 14.0. The number of unbranched alkanes of at least 4 members (excludes halogenated alkanes) is 3. The number of benzene rings is 1. The molecule has 0 radical (unpaired) electrons. The highest BCUT2D eigenvalue weighted by Crippen LogP contribution is 2.24. The van der Waals surface area contributed by atoms with Crippen LogP contribution in [0.1, 0.15) is 62.5 Å². The maximum absolute atomic E-state index is 13.1. The summed E-state index contributed by atoms with van der Waals surface area (Å²) >= 11 is 0. The monoisotopic (exact) mass is 395 g/mol. The Labute approximate surface area is 171 Å². The first-order valence-corrected chi connectivity index (χ1v) is 10.3. The number of carbonyl (C=O) groups excluding carboxylic acids is 2. The lowest BCUT2D eigenvalue weighted by Crippen LogP contribution is -2.54. The van der Waals surface area contributed by atoms with Crippen LogP contribution in [-0.2, 0) is 11.3 Å². The lowest BCUT2D eigenvalue weighted by molar-refractivity contribution is -0.118. The van der Waals surface area contributed by atoms with Gasteiger partial charge in [-0.05, 0) is 24.5 Å². The number of rotatable bonds is 8. The standard InChI is InChI=1S/C22H29N5O2/c1-4-5-6-10-13-26-15-19(24-25-26)18-14-27(20(16(2)3)23-21(18)28)22(29)17-11-8-7-9-12-17/h7-9,11-12,14-16,20H,4-6,10,13H2,1-3H3,(H,23,28)/t20-/m0/s1. The number of amides is 2. The molecule has 0 spiro atoms. The van der Waals surface area contributed by atoms with E-state index in [4.69, 9.17) is 0 Å². The summed E-state index contributed by atoms with van der Waals surface area (Å²) in [6.07, 6.45) is 7.52. The van der Waals surface area contributed by atoms with Crippen molar-refractivity contribution in [2.75, 3.05) is 0 Å². The normalized spacial score (nSPS) is 16.7. The third-order valence-corrected chi connectivity index (χ3v) is 5.03. The summed E-state index contributed by atoms with van der Waals surface area (Å²) in [6, 6.07) is 9.07. The van der Waals surface area contributed by atoms with Gasteiger partial charge < -0.3 is 5.32 Å². The SMILES string of the molecule is CCCCCCn1cc(C2=CN(C(=O)c3ccccc3)[C@@H](C(C)C)NC2=O)nn1. The van der Waals surface area contributed by atoms with Crippen LogP contribution in [0.4, 0.5) is 0 Å². The number of aryl methyl sites for hydroxylation is 1. The Morgan fingerprint density at radius 2 is 1.93 bits per heavy atom. The van der Waals surface area contributed by atoms with Crippen molar-refractivity contribution in [2.45, 2.75) is 59.2 Å². The van der Waals surface area contributed by atoms with E-state index in [-0.39, 0.29) is 17.7 Å². The summed E-state index contributed by atoms with van der Waals surface area (Å²) in [4.78, 5) is 27.4. The minimum Gasteiger partial charge on any atom is -0.331 e. The molecule has 1 aliphatic rings. The molecule has 1 aliphatic heterocycles. The van der Waals surface area contributed by atoms with Gasteiger partial charge in [0.25, 0.3) is 11.8 Å². The minimum atomic E-state index is -0.414. The van der Waals surface area contributed by atoms with E-state index in [0.29, 0.717) is 16.8 Å².